The van der Waals surface area contributed by atoms with E-state index in [9.17, 15) is 4.39 Å². The fraction of sp³-hybridized carbons (Fsp3) is 0.333. The van der Waals surface area contributed by atoms with Gasteiger partial charge in [0.2, 0.25) is 11.7 Å². The molecule has 0 radical (unpaired) electrons. The zero-order chi connectivity index (χ0) is 13.0. The third-order valence-electron chi connectivity index (χ3n) is 2.22. The van der Waals surface area contributed by atoms with Gasteiger partial charge in [0.05, 0.1) is 4.47 Å². The highest BCUT2D eigenvalue weighted by Gasteiger charge is 2.08. The Morgan fingerprint density at radius 3 is 3.00 bits per heavy atom. The zero-order valence-corrected chi connectivity index (χ0v) is 11.4. The van der Waals surface area contributed by atoms with E-state index in [2.05, 4.69) is 26.1 Å². The number of benzene rings is 1. The van der Waals surface area contributed by atoms with Gasteiger partial charge in [0.15, 0.2) is 6.61 Å². The molecule has 4 nitrogen and oxygen atoms in total. The summed E-state index contributed by atoms with van der Waals surface area (Å²) in [5.74, 6) is 1.31. The van der Waals surface area contributed by atoms with Crippen molar-refractivity contribution in [3.63, 3.8) is 0 Å². The predicted molar refractivity (Wildman–Crippen MR) is 66.7 cm³/mol. The molecule has 6 heteroatoms. The molecule has 0 N–H and O–H groups in total. The standard InChI is InChI=1S/C12H12BrFN2O2/c1-2-3-12-15-11(16-18-12)7-17-10-5-4-8(14)6-9(10)13/h4-6H,2-3,7H2,1H3. The molecule has 0 aliphatic rings. The van der Waals surface area contributed by atoms with Crippen LogP contribution in [0.15, 0.2) is 27.2 Å². The van der Waals surface area contributed by atoms with Crippen molar-refractivity contribution in [2.24, 2.45) is 0 Å². The number of hydrogen-bond donors (Lipinski definition) is 0. The van der Waals surface area contributed by atoms with Gasteiger partial charge in [-0.2, -0.15) is 4.98 Å². The Morgan fingerprint density at radius 1 is 1.44 bits per heavy atom. The lowest BCUT2D eigenvalue weighted by Gasteiger charge is -2.05. The van der Waals surface area contributed by atoms with Crippen molar-refractivity contribution in [1.29, 1.82) is 0 Å². The Kier molecular flexibility index (Phi) is 4.30. The minimum absolute atomic E-state index is 0.192. The highest BCUT2D eigenvalue weighted by atomic mass is 79.9. The van der Waals surface area contributed by atoms with Crippen LogP contribution in [0.3, 0.4) is 0 Å². The van der Waals surface area contributed by atoms with Crippen LogP contribution >= 0.6 is 15.9 Å². The lowest BCUT2D eigenvalue weighted by atomic mass is 10.3. The second kappa shape index (κ2) is 5.95. The Bertz CT molecular complexity index is 531. The molecular formula is C12H12BrFN2O2. The maximum absolute atomic E-state index is 12.9. The van der Waals surface area contributed by atoms with E-state index in [0.717, 1.165) is 12.8 Å². The average molecular weight is 315 g/mol. The number of nitrogens with zero attached hydrogens (tertiary/aromatic N) is 2. The van der Waals surface area contributed by atoms with Crippen molar-refractivity contribution in [3.05, 3.63) is 40.2 Å². The summed E-state index contributed by atoms with van der Waals surface area (Å²) in [6.07, 6.45) is 1.71. The van der Waals surface area contributed by atoms with Crippen molar-refractivity contribution >= 4 is 15.9 Å². The summed E-state index contributed by atoms with van der Waals surface area (Å²) in [5.41, 5.74) is 0. The maximum Gasteiger partial charge on any atom is 0.226 e. The fourth-order valence-corrected chi connectivity index (χ4v) is 1.86. The Hall–Kier alpha value is -1.43. The first-order valence-electron chi connectivity index (χ1n) is 5.58. The molecule has 0 unspecified atom stereocenters. The number of aryl methyl sites for hydroxylation is 1. The second-order valence-corrected chi connectivity index (χ2v) is 4.57. The van der Waals surface area contributed by atoms with E-state index in [1.54, 1.807) is 6.07 Å². The first-order valence-corrected chi connectivity index (χ1v) is 6.37. The molecule has 1 heterocycles. The van der Waals surface area contributed by atoms with Crippen molar-refractivity contribution in [3.8, 4) is 5.75 Å². The van der Waals surface area contributed by atoms with Crippen LogP contribution in [0.4, 0.5) is 4.39 Å². The molecule has 0 aliphatic heterocycles. The Morgan fingerprint density at radius 2 is 2.28 bits per heavy atom. The van der Waals surface area contributed by atoms with Crippen LogP contribution in [-0.2, 0) is 13.0 Å². The molecular weight excluding hydrogens is 303 g/mol. The minimum atomic E-state index is -0.320. The molecule has 0 saturated carbocycles. The highest BCUT2D eigenvalue weighted by molar-refractivity contribution is 9.10. The van der Waals surface area contributed by atoms with Crippen molar-refractivity contribution < 1.29 is 13.7 Å². The lowest BCUT2D eigenvalue weighted by Crippen LogP contribution is -1.98. The second-order valence-electron chi connectivity index (χ2n) is 3.72. The first kappa shape index (κ1) is 13.0. The largest absolute Gasteiger partial charge is 0.484 e. The third-order valence-corrected chi connectivity index (χ3v) is 2.84. The van der Waals surface area contributed by atoms with Crippen LogP contribution in [0, 0.1) is 5.82 Å². The Balaban J connectivity index is 1.97. The van der Waals surface area contributed by atoms with Crippen LogP contribution < -0.4 is 4.74 Å². The predicted octanol–water partition coefficient (Wildman–Crippen LogP) is 3.50. The van der Waals surface area contributed by atoms with Gasteiger partial charge in [-0.1, -0.05) is 12.1 Å². The molecule has 2 aromatic rings. The van der Waals surface area contributed by atoms with Crippen LogP contribution in [0.5, 0.6) is 5.75 Å². The van der Waals surface area contributed by atoms with Gasteiger partial charge in [0.25, 0.3) is 0 Å². The quantitative estimate of drug-likeness (QED) is 0.847. The molecule has 18 heavy (non-hydrogen) atoms. The van der Waals surface area contributed by atoms with Gasteiger partial charge in [-0.05, 0) is 40.5 Å². The van der Waals surface area contributed by atoms with E-state index in [-0.39, 0.29) is 12.4 Å². The van der Waals surface area contributed by atoms with Gasteiger partial charge in [-0.3, -0.25) is 0 Å². The SMILES string of the molecule is CCCc1nc(COc2ccc(F)cc2Br)no1. The molecule has 0 spiro atoms. The molecule has 1 aromatic carbocycles. The minimum Gasteiger partial charge on any atom is -0.484 e. The van der Waals surface area contributed by atoms with Gasteiger partial charge in [0.1, 0.15) is 11.6 Å². The molecule has 0 atom stereocenters. The summed E-state index contributed by atoms with van der Waals surface area (Å²) in [6.45, 7) is 2.23. The van der Waals surface area contributed by atoms with Crippen molar-refractivity contribution in [2.75, 3.05) is 0 Å². The monoisotopic (exact) mass is 314 g/mol. The summed E-state index contributed by atoms with van der Waals surface area (Å²) >= 11 is 3.22. The summed E-state index contributed by atoms with van der Waals surface area (Å²) < 4.78 is 23.9. The average Bonchev–Trinajstić information content (AvgIpc) is 2.76. The van der Waals surface area contributed by atoms with Gasteiger partial charge in [0, 0.05) is 6.42 Å². The summed E-state index contributed by atoms with van der Waals surface area (Å²) in [5, 5.41) is 3.80. The molecule has 0 aliphatic carbocycles. The maximum atomic E-state index is 12.9. The third kappa shape index (κ3) is 3.29. The molecule has 1 aromatic heterocycles. The first-order chi connectivity index (χ1) is 8.69. The van der Waals surface area contributed by atoms with Gasteiger partial charge in [-0.15, -0.1) is 0 Å². The number of ether oxygens (including phenoxy) is 1. The lowest BCUT2D eigenvalue weighted by molar-refractivity contribution is 0.283. The van der Waals surface area contributed by atoms with Crippen molar-refractivity contribution in [2.45, 2.75) is 26.4 Å². The zero-order valence-electron chi connectivity index (χ0n) is 9.82. The van der Waals surface area contributed by atoms with Crippen molar-refractivity contribution in [1.82, 2.24) is 10.1 Å². The van der Waals surface area contributed by atoms with Crippen LogP contribution in [0.2, 0.25) is 0 Å². The van der Waals surface area contributed by atoms with Crippen LogP contribution in [-0.4, -0.2) is 10.1 Å². The number of hydrogen-bond acceptors (Lipinski definition) is 4. The van der Waals surface area contributed by atoms with E-state index in [1.807, 2.05) is 6.92 Å². The smallest absolute Gasteiger partial charge is 0.226 e. The highest BCUT2D eigenvalue weighted by Crippen LogP contribution is 2.25. The summed E-state index contributed by atoms with van der Waals surface area (Å²) in [4.78, 5) is 4.17. The normalized spacial score (nSPS) is 10.6. The summed E-state index contributed by atoms with van der Waals surface area (Å²) in [7, 11) is 0. The topological polar surface area (TPSA) is 48.2 Å². The van der Waals surface area contributed by atoms with Crippen LogP contribution in [0.25, 0.3) is 0 Å². The molecule has 0 saturated heterocycles. The van der Waals surface area contributed by atoms with E-state index in [1.165, 1.54) is 12.1 Å². The van der Waals surface area contributed by atoms with E-state index < -0.39 is 0 Å². The number of halogens is 2. The molecule has 2 rings (SSSR count). The molecule has 0 amide bonds. The Labute approximate surface area is 112 Å². The number of rotatable bonds is 5. The van der Waals surface area contributed by atoms with Gasteiger partial charge < -0.3 is 9.26 Å². The van der Waals surface area contributed by atoms with E-state index >= 15 is 0 Å². The molecule has 96 valence electrons. The fourth-order valence-electron chi connectivity index (χ4n) is 1.40. The molecule has 0 bridgehead atoms. The summed E-state index contributed by atoms with van der Waals surface area (Å²) in [6, 6.07) is 4.22. The molecule has 0 fully saturated rings. The van der Waals surface area contributed by atoms with E-state index in [4.69, 9.17) is 9.26 Å². The number of aromatic nitrogens is 2. The van der Waals surface area contributed by atoms with Gasteiger partial charge in [-0.25, -0.2) is 4.39 Å². The van der Waals surface area contributed by atoms with E-state index in [0.29, 0.717) is 21.9 Å². The van der Waals surface area contributed by atoms with Crippen LogP contribution in [0.1, 0.15) is 25.1 Å². The van der Waals surface area contributed by atoms with Gasteiger partial charge >= 0.3 is 0 Å².